The van der Waals surface area contributed by atoms with E-state index in [1.165, 1.54) is 18.2 Å². The van der Waals surface area contributed by atoms with Gasteiger partial charge in [0.2, 0.25) is 6.08 Å². The van der Waals surface area contributed by atoms with Crippen LogP contribution >= 0.6 is 11.6 Å². The number of benzene rings is 1. The van der Waals surface area contributed by atoms with Crippen molar-refractivity contribution in [2.75, 3.05) is 0 Å². The van der Waals surface area contributed by atoms with Gasteiger partial charge in [0.1, 0.15) is 5.82 Å². The van der Waals surface area contributed by atoms with Crippen molar-refractivity contribution < 1.29 is 9.18 Å². The van der Waals surface area contributed by atoms with E-state index >= 15 is 0 Å². The molecule has 0 aliphatic heterocycles. The first kappa shape index (κ1) is 9.90. The Kier molecular flexibility index (Phi) is 3.18. The van der Waals surface area contributed by atoms with Crippen molar-refractivity contribution in [3.05, 3.63) is 34.6 Å². The van der Waals surface area contributed by atoms with E-state index in [1.807, 2.05) is 0 Å². The Hall–Kier alpha value is -1.18. The van der Waals surface area contributed by atoms with Crippen molar-refractivity contribution in [2.45, 2.75) is 13.0 Å². The van der Waals surface area contributed by atoms with Crippen LogP contribution < -0.4 is 0 Å². The van der Waals surface area contributed by atoms with Crippen molar-refractivity contribution in [1.82, 2.24) is 0 Å². The molecule has 0 aliphatic carbocycles. The largest absolute Gasteiger partial charge is 0.235 e. The number of nitrogens with zero attached hydrogens (tertiary/aromatic N) is 1. The summed E-state index contributed by atoms with van der Waals surface area (Å²) in [5, 5.41) is 0.270. The van der Waals surface area contributed by atoms with E-state index in [-0.39, 0.29) is 10.6 Å². The summed E-state index contributed by atoms with van der Waals surface area (Å²) in [6.07, 6.45) is 1.37. The number of hydrogen-bond donors (Lipinski definition) is 0. The van der Waals surface area contributed by atoms with Gasteiger partial charge in [0.15, 0.2) is 0 Å². The van der Waals surface area contributed by atoms with Gasteiger partial charge in [-0.15, -0.1) is 0 Å². The normalized spacial score (nSPS) is 11.9. The van der Waals surface area contributed by atoms with Gasteiger partial charge in [-0.25, -0.2) is 9.18 Å². The second-order valence-electron chi connectivity index (χ2n) is 2.53. The fourth-order valence-corrected chi connectivity index (χ4v) is 1.37. The first-order valence-electron chi connectivity index (χ1n) is 3.67. The lowest BCUT2D eigenvalue weighted by atomic mass is 10.1. The van der Waals surface area contributed by atoms with Gasteiger partial charge in [-0.1, -0.05) is 17.7 Å². The molecule has 0 spiro atoms. The summed E-state index contributed by atoms with van der Waals surface area (Å²) in [7, 11) is 0. The van der Waals surface area contributed by atoms with Gasteiger partial charge in [-0.05, 0) is 19.1 Å². The molecule has 0 fully saturated rings. The maximum atomic E-state index is 13.1. The zero-order valence-corrected chi connectivity index (χ0v) is 7.68. The minimum atomic E-state index is -0.591. The minimum Gasteiger partial charge on any atom is -0.211 e. The molecule has 0 amide bonds. The molecule has 0 saturated carbocycles. The number of rotatable bonds is 2. The topological polar surface area (TPSA) is 29.4 Å². The molecule has 0 heterocycles. The van der Waals surface area contributed by atoms with Gasteiger partial charge in [0, 0.05) is 10.6 Å². The molecule has 13 heavy (non-hydrogen) atoms. The average Bonchev–Trinajstić information content (AvgIpc) is 2.04. The lowest BCUT2D eigenvalue weighted by Gasteiger charge is -2.07. The maximum Gasteiger partial charge on any atom is 0.235 e. The Morgan fingerprint density at radius 2 is 2.31 bits per heavy atom. The van der Waals surface area contributed by atoms with Crippen LogP contribution in [0.2, 0.25) is 5.02 Å². The summed E-state index contributed by atoms with van der Waals surface area (Å²) in [5.74, 6) is -0.459. The van der Waals surface area contributed by atoms with Crippen molar-refractivity contribution in [1.29, 1.82) is 0 Å². The van der Waals surface area contributed by atoms with E-state index in [0.29, 0.717) is 0 Å². The second kappa shape index (κ2) is 4.17. The zero-order chi connectivity index (χ0) is 9.84. The van der Waals surface area contributed by atoms with Crippen molar-refractivity contribution in [3.8, 4) is 0 Å². The molecule has 0 aliphatic rings. The van der Waals surface area contributed by atoms with Gasteiger partial charge < -0.3 is 0 Å². The summed E-state index contributed by atoms with van der Waals surface area (Å²) in [4.78, 5) is 13.3. The van der Waals surface area contributed by atoms with Crippen molar-refractivity contribution in [2.24, 2.45) is 4.99 Å². The van der Waals surface area contributed by atoms with E-state index in [2.05, 4.69) is 4.99 Å². The van der Waals surface area contributed by atoms with Crippen molar-refractivity contribution >= 4 is 17.7 Å². The summed E-state index contributed by atoms with van der Waals surface area (Å²) in [6.45, 7) is 1.58. The van der Waals surface area contributed by atoms with Crippen LogP contribution in [0.4, 0.5) is 4.39 Å². The molecule has 68 valence electrons. The van der Waals surface area contributed by atoms with Gasteiger partial charge in [0.05, 0.1) is 6.04 Å². The Labute approximate surface area is 80.1 Å². The van der Waals surface area contributed by atoms with Gasteiger partial charge in [0.25, 0.3) is 0 Å². The van der Waals surface area contributed by atoms with Crippen molar-refractivity contribution in [3.63, 3.8) is 0 Å². The number of carbonyl (C=O) groups excluding carboxylic acids is 1. The smallest absolute Gasteiger partial charge is 0.211 e. The van der Waals surface area contributed by atoms with Crippen LogP contribution in [0.5, 0.6) is 0 Å². The molecule has 0 aromatic heterocycles. The SMILES string of the molecule is CC(N=C=O)c1c(F)cccc1Cl. The number of isocyanates is 1. The lowest BCUT2D eigenvalue weighted by molar-refractivity contribution is 0.555. The summed E-state index contributed by atoms with van der Waals surface area (Å²) >= 11 is 5.73. The average molecular weight is 200 g/mol. The third kappa shape index (κ3) is 2.14. The van der Waals surface area contributed by atoms with E-state index in [0.717, 1.165) is 0 Å². The molecule has 0 saturated heterocycles. The van der Waals surface area contributed by atoms with Crippen LogP contribution in [0.25, 0.3) is 0 Å². The van der Waals surface area contributed by atoms with Crippen LogP contribution in [0.15, 0.2) is 23.2 Å². The number of halogens is 2. The number of hydrogen-bond acceptors (Lipinski definition) is 2. The highest BCUT2D eigenvalue weighted by Crippen LogP contribution is 2.27. The predicted octanol–water partition coefficient (Wildman–Crippen LogP) is 2.88. The van der Waals surface area contributed by atoms with E-state index in [9.17, 15) is 9.18 Å². The molecule has 1 aromatic carbocycles. The molecule has 1 aromatic rings. The van der Waals surface area contributed by atoms with Gasteiger partial charge in [-0.2, -0.15) is 4.99 Å². The zero-order valence-electron chi connectivity index (χ0n) is 6.92. The molecule has 0 N–H and O–H groups in total. The molecule has 0 radical (unpaired) electrons. The molecular formula is C9H7ClFNO. The minimum absolute atomic E-state index is 0.229. The van der Waals surface area contributed by atoms with E-state index in [1.54, 1.807) is 13.0 Å². The Morgan fingerprint density at radius 3 is 2.85 bits per heavy atom. The standard InChI is InChI=1S/C9H7ClFNO/c1-6(12-5-13)9-7(10)3-2-4-8(9)11/h2-4,6H,1H3. The third-order valence-electron chi connectivity index (χ3n) is 1.66. The fraction of sp³-hybridized carbons (Fsp3) is 0.222. The second-order valence-corrected chi connectivity index (χ2v) is 2.94. The summed E-state index contributed by atoms with van der Waals surface area (Å²) in [5.41, 5.74) is 0.229. The van der Waals surface area contributed by atoms with E-state index in [4.69, 9.17) is 11.6 Å². The Bertz CT molecular complexity index is 340. The van der Waals surface area contributed by atoms with Gasteiger partial charge >= 0.3 is 0 Å². The van der Waals surface area contributed by atoms with Gasteiger partial charge in [-0.3, -0.25) is 0 Å². The Balaban J connectivity index is 3.19. The van der Waals surface area contributed by atoms with Crippen LogP contribution in [0.1, 0.15) is 18.5 Å². The lowest BCUT2D eigenvalue weighted by Crippen LogP contribution is -1.95. The number of aliphatic imine (C=N–C) groups is 1. The Morgan fingerprint density at radius 1 is 1.62 bits per heavy atom. The predicted molar refractivity (Wildman–Crippen MR) is 47.9 cm³/mol. The third-order valence-corrected chi connectivity index (χ3v) is 1.99. The van der Waals surface area contributed by atoms with Crippen LogP contribution in [0.3, 0.4) is 0 Å². The summed E-state index contributed by atoms with van der Waals surface area (Å²) < 4.78 is 13.1. The quantitative estimate of drug-likeness (QED) is 0.532. The molecule has 1 atom stereocenters. The molecule has 1 rings (SSSR count). The maximum absolute atomic E-state index is 13.1. The summed E-state index contributed by atoms with van der Waals surface area (Å²) in [6, 6.07) is 3.74. The van der Waals surface area contributed by atoms with E-state index < -0.39 is 11.9 Å². The fourth-order valence-electron chi connectivity index (χ4n) is 1.05. The molecule has 4 heteroatoms. The first-order chi connectivity index (χ1) is 6.16. The highest BCUT2D eigenvalue weighted by atomic mass is 35.5. The monoisotopic (exact) mass is 199 g/mol. The molecule has 1 unspecified atom stereocenters. The van der Waals surface area contributed by atoms with Crippen LogP contribution in [0, 0.1) is 5.82 Å². The van der Waals surface area contributed by atoms with Crippen LogP contribution in [-0.4, -0.2) is 6.08 Å². The molecule has 2 nitrogen and oxygen atoms in total. The molecule has 0 bridgehead atoms. The highest BCUT2D eigenvalue weighted by Gasteiger charge is 2.13. The first-order valence-corrected chi connectivity index (χ1v) is 4.05. The van der Waals surface area contributed by atoms with Crippen LogP contribution in [-0.2, 0) is 4.79 Å². The molecular weight excluding hydrogens is 193 g/mol. The highest BCUT2D eigenvalue weighted by molar-refractivity contribution is 6.31.